The first-order valence-electron chi connectivity index (χ1n) is 5.86. The molecule has 2 N–H and O–H groups in total. The normalized spacial score (nSPS) is 20.6. The molecule has 3 rings (SSSR count). The van der Waals surface area contributed by atoms with Gasteiger partial charge in [-0.05, 0) is 31.5 Å². The van der Waals surface area contributed by atoms with Crippen LogP contribution in [-0.2, 0) is 0 Å². The number of thioether (sulfide) groups is 1. The summed E-state index contributed by atoms with van der Waals surface area (Å²) in [5.41, 5.74) is 1.24. The Morgan fingerprint density at radius 2 is 2.25 bits per heavy atom. The van der Waals surface area contributed by atoms with Gasteiger partial charge in [0.2, 0.25) is 0 Å². The molecule has 16 heavy (non-hydrogen) atoms. The number of rotatable bonds is 3. The minimum absolute atomic E-state index is 0.705. The summed E-state index contributed by atoms with van der Waals surface area (Å²) in [7, 11) is 0. The molecule has 3 heteroatoms. The van der Waals surface area contributed by atoms with Crippen molar-refractivity contribution in [1.29, 1.82) is 0 Å². The minimum atomic E-state index is 0.705. The van der Waals surface area contributed by atoms with Crippen LogP contribution in [0.3, 0.4) is 0 Å². The Bertz CT molecular complexity index is 438. The number of nitrogens with one attached hydrogen (secondary N) is 2. The number of benzene rings is 1. The summed E-state index contributed by atoms with van der Waals surface area (Å²) >= 11 is 1.93. The SMILES string of the molecule is c1ccc2[nH]c(SCC3CCCN3)cc2c1. The first kappa shape index (κ1) is 10.2. The van der Waals surface area contributed by atoms with Crippen LogP contribution in [0.4, 0.5) is 0 Å². The molecule has 1 unspecified atom stereocenters. The van der Waals surface area contributed by atoms with E-state index in [1.54, 1.807) is 0 Å². The molecule has 2 heterocycles. The fourth-order valence-electron chi connectivity index (χ4n) is 2.21. The second kappa shape index (κ2) is 4.52. The Balaban J connectivity index is 1.69. The van der Waals surface area contributed by atoms with Crippen molar-refractivity contribution in [3.8, 4) is 0 Å². The number of aromatic amines is 1. The molecule has 0 aliphatic carbocycles. The van der Waals surface area contributed by atoms with Gasteiger partial charge in [-0.15, -0.1) is 11.8 Å². The van der Waals surface area contributed by atoms with Crippen molar-refractivity contribution in [2.24, 2.45) is 0 Å². The Labute approximate surface area is 99.8 Å². The lowest BCUT2D eigenvalue weighted by molar-refractivity contribution is 0.674. The van der Waals surface area contributed by atoms with Crippen molar-refractivity contribution < 1.29 is 0 Å². The lowest BCUT2D eigenvalue weighted by atomic mass is 10.3. The van der Waals surface area contributed by atoms with Gasteiger partial charge < -0.3 is 10.3 Å². The zero-order valence-corrected chi connectivity index (χ0v) is 10.0. The summed E-state index contributed by atoms with van der Waals surface area (Å²) in [6, 6.07) is 11.4. The minimum Gasteiger partial charge on any atom is -0.350 e. The highest BCUT2D eigenvalue weighted by atomic mass is 32.2. The highest BCUT2D eigenvalue weighted by Gasteiger charge is 2.14. The summed E-state index contributed by atoms with van der Waals surface area (Å²) in [6.45, 7) is 1.19. The molecule has 0 spiro atoms. The van der Waals surface area contributed by atoms with Gasteiger partial charge in [-0.2, -0.15) is 0 Å². The average molecular weight is 232 g/mol. The number of hydrogen-bond donors (Lipinski definition) is 2. The first-order chi connectivity index (χ1) is 7.92. The predicted molar refractivity (Wildman–Crippen MR) is 70.0 cm³/mol. The van der Waals surface area contributed by atoms with Crippen LogP contribution in [0.1, 0.15) is 12.8 Å². The topological polar surface area (TPSA) is 27.8 Å². The van der Waals surface area contributed by atoms with E-state index in [2.05, 4.69) is 40.6 Å². The number of aromatic nitrogens is 1. The van der Waals surface area contributed by atoms with Crippen LogP contribution in [0.2, 0.25) is 0 Å². The van der Waals surface area contributed by atoms with Crippen molar-refractivity contribution >= 4 is 22.7 Å². The number of fused-ring (bicyclic) bond motifs is 1. The maximum Gasteiger partial charge on any atom is 0.0733 e. The van der Waals surface area contributed by atoms with Crippen molar-refractivity contribution in [2.75, 3.05) is 12.3 Å². The standard InChI is InChI=1S/C13H16N2S/c1-2-6-12-10(4-1)8-13(15-12)16-9-11-5-3-7-14-11/h1-2,4,6,8,11,14-15H,3,5,7,9H2. The summed E-state index contributed by atoms with van der Waals surface area (Å²) in [4.78, 5) is 3.45. The molecule has 1 aromatic carbocycles. The zero-order valence-electron chi connectivity index (χ0n) is 9.20. The summed E-state index contributed by atoms with van der Waals surface area (Å²) < 4.78 is 0. The van der Waals surface area contributed by atoms with Gasteiger partial charge in [-0.25, -0.2) is 0 Å². The third kappa shape index (κ3) is 2.11. The van der Waals surface area contributed by atoms with Gasteiger partial charge in [-0.1, -0.05) is 18.2 Å². The molecule has 0 saturated carbocycles. The monoisotopic (exact) mass is 232 g/mol. The van der Waals surface area contributed by atoms with E-state index < -0.39 is 0 Å². The Hall–Kier alpha value is -0.930. The van der Waals surface area contributed by atoms with Gasteiger partial charge in [0.25, 0.3) is 0 Å². The van der Waals surface area contributed by atoms with E-state index in [1.807, 2.05) is 11.8 Å². The molecule has 1 aromatic heterocycles. The second-order valence-electron chi connectivity index (χ2n) is 4.33. The summed E-state index contributed by atoms with van der Waals surface area (Å²) in [5, 5.41) is 6.12. The Morgan fingerprint density at radius 1 is 1.31 bits per heavy atom. The van der Waals surface area contributed by atoms with Crippen molar-refractivity contribution in [3.05, 3.63) is 30.3 Å². The lowest BCUT2D eigenvalue weighted by Crippen LogP contribution is -2.23. The summed E-state index contributed by atoms with van der Waals surface area (Å²) in [6.07, 6.45) is 2.66. The second-order valence-corrected chi connectivity index (χ2v) is 5.39. The van der Waals surface area contributed by atoms with Crippen LogP contribution >= 0.6 is 11.8 Å². The van der Waals surface area contributed by atoms with E-state index in [9.17, 15) is 0 Å². The molecule has 2 aromatic rings. The molecule has 1 atom stereocenters. The maximum absolute atomic E-state index is 3.53. The fourth-order valence-corrected chi connectivity index (χ4v) is 3.27. The third-order valence-corrected chi connectivity index (χ3v) is 4.21. The lowest BCUT2D eigenvalue weighted by Gasteiger charge is -2.07. The number of para-hydroxylation sites is 1. The number of hydrogen-bond acceptors (Lipinski definition) is 2. The molecule has 1 aliphatic heterocycles. The van der Waals surface area contributed by atoms with E-state index >= 15 is 0 Å². The molecule has 0 radical (unpaired) electrons. The Kier molecular flexibility index (Phi) is 2.89. The molecule has 1 fully saturated rings. The van der Waals surface area contributed by atoms with Gasteiger partial charge in [0, 0.05) is 22.7 Å². The van der Waals surface area contributed by atoms with E-state index in [0.717, 1.165) is 0 Å². The predicted octanol–water partition coefficient (Wildman–Crippen LogP) is 3.01. The van der Waals surface area contributed by atoms with Gasteiger partial charge in [0.1, 0.15) is 0 Å². The van der Waals surface area contributed by atoms with E-state index in [-0.39, 0.29) is 0 Å². The quantitative estimate of drug-likeness (QED) is 0.796. The average Bonchev–Trinajstić information content (AvgIpc) is 2.95. The highest BCUT2D eigenvalue weighted by Crippen LogP contribution is 2.24. The molecule has 0 bridgehead atoms. The van der Waals surface area contributed by atoms with Crippen molar-refractivity contribution in [2.45, 2.75) is 23.9 Å². The van der Waals surface area contributed by atoms with Crippen LogP contribution in [0, 0.1) is 0 Å². The summed E-state index contributed by atoms with van der Waals surface area (Å²) in [5.74, 6) is 1.17. The van der Waals surface area contributed by atoms with Crippen molar-refractivity contribution in [1.82, 2.24) is 10.3 Å². The smallest absolute Gasteiger partial charge is 0.0733 e. The van der Waals surface area contributed by atoms with Crippen LogP contribution in [-0.4, -0.2) is 23.3 Å². The van der Waals surface area contributed by atoms with E-state index in [0.29, 0.717) is 6.04 Å². The molecular weight excluding hydrogens is 216 g/mol. The Morgan fingerprint density at radius 3 is 3.06 bits per heavy atom. The van der Waals surface area contributed by atoms with Crippen LogP contribution in [0.15, 0.2) is 35.4 Å². The van der Waals surface area contributed by atoms with E-state index in [4.69, 9.17) is 0 Å². The zero-order chi connectivity index (χ0) is 10.8. The van der Waals surface area contributed by atoms with Gasteiger partial charge in [0.05, 0.1) is 5.03 Å². The fraction of sp³-hybridized carbons (Fsp3) is 0.385. The molecule has 84 valence electrons. The largest absolute Gasteiger partial charge is 0.350 e. The maximum atomic E-state index is 3.53. The van der Waals surface area contributed by atoms with Gasteiger partial charge in [0.15, 0.2) is 0 Å². The first-order valence-corrected chi connectivity index (χ1v) is 6.84. The molecule has 1 aliphatic rings. The molecule has 0 amide bonds. The molecule has 2 nitrogen and oxygen atoms in total. The van der Waals surface area contributed by atoms with Crippen molar-refractivity contribution in [3.63, 3.8) is 0 Å². The van der Waals surface area contributed by atoms with Crippen LogP contribution in [0.5, 0.6) is 0 Å². The number of H-pyrrole nitrogens is 1. The highest BCUT2D eigenvalue weighted by molar-refractivity contribution is 7.99. The van der Waals surface area contributed by atoms with Crippen LogP contribution < -0.4 is 5.32 Å². The van der Waals surface area contributed by atoms with Gasteiger partial charge in [-0.3, -0.25) is 0 Å². The van der Waals surface area contributed by atoms with E-state index in [1.165, 1.54) is 41.1 Å². The van der Waals surface area contributed by atoms with Crippen LogP contribution in [0.25, 0.3) is 10.9 Å². The molecule has 1 saturated heterocycles. The third-order valence-electron chi connectivity index (χ3n) is 3.11. The van der Waals surface area contributed by atoms with Gasteiger partial charge >= 0.3 is 0 Å². The molecular formula is C13H16N2S.